The second kappa shape index (κ2) is 6.13. The van der Waals surface area contributed by atoms with Gasteiger partial charge >= 0.3 is 0 Å². The number of thioether (sulfide) groups is 1. The van der Waals surface area contributed by atoms with Crippen molar-refractivity contribution in [3.05, 3.63) is 42.2 Å². The summed E-state index contributed by atoms with van der Waals surface area (Å²) in [5, 5.41) is 0.675. The maximum atomic E-state index is 11.9. The fourth-order valence-corrected chi connectivity index (χ4v) is 2.95. The summed E-state index contributed by atoms with van der Waals surface area (Å²) >= 11 is 1.47. The van der Waals surface area contributed by atoms with Crippen LogP contribution in [0.4, 0.5) is 0 Å². The minimum Gasteiger partial charge on any atom is -0.348 e. The molecule has 4 nitrogen and oxygen atoms in total. The normalized spacial score (nSPS) is 12.2. The van der Waals surface area contributed by atoms with Crippen LogP contribution >= 0.6 is 11.8 Å². The third kappa shape index (κ3) is 3.22. The Balaban J connectivity index is 2.23. The molecule has 0 unspecified atom stereocenters. The molecular formula is C15H19N3OS. The summed E-state index contributed by atoms with van der Waals surface area (Å²) in [4.78, 5) is 17.9. The third-order valence-electron chi connectivity index (χ3n) is 2.96. The van der Waals surface area contributed by atoms with E-state index in [1.807, 2.05) is 29.8 Å². The van der Waals surface area contributed by atoms with Crippen LogP contribution in [0.1, 0.15) is 12.5 Å². The van der Waals surface area contributed by atoms with Crippen molar-refractivity contribution in [1.82, 2.24) is 14.5 Å². The first kappa shape index (κ1) is 14.7. The Hall–Kier alpha value is -1.75. The van der Waals surface area contributed by atoms with E-state index in [0.29, 0.717) is 0 Å². The summed E-state index contributed by atoms with van der Waals surface area (Å²) in [6, 6.07) is 8.22. The van der Waals surface area contributed by atoms with Crippen LogP contribution in [0, 0.1) is 6.92 Å². The molecule has 1 aromatic carbocycles. The van der Waals surface area contributed by atoms with Crippen LogP contribution in [-0.4, -0.2) is 39.7 Å². The Morgan fingerprint density at radius 2 is 2.15 bits per heavy atom. The number of carbonyl (C=O) groups is 1. The number of aromatic nitrogens is 2. The van der Waals surface area contributed by atoms with Gasteiger partial charge < -0.3 is 4.90 Å². The number of amides is 1. The molecule has 1 atom stereocenters. The first-order valence-corrected chi connectivity index (χ1v) is 7.35. The van der Waals surface area contributed by atoms with Crippen molar-refractivity contribution in [2.24, 2.45) is 0 Å². The number of hydrogen-bond donors (Lipinski definition) is 0. The van der Waals surface area contributed by atoms with Crippen LogP contribution in [-0.2, 0) is 4.79 Å². The lowest BCUT2D eigenvalue weighted by atomic mass is 10.2. The molecule has 1 amide bonds. The highest BCUT2D eigenvalue weighted by atomic mass is 32.2. The molecule has 0 saturated carbocycles. The van der Waals surface area contributed by atoms with E-state index in [1.165, 1.54) is 17.3 Å². The minimum atomic E-state index is -0.157. The Morgan fingerprint density at radius 3 is 2.80 bits per heavy atom. The second-order valence-electron chi connectivity index (χ2n) is 4.91. The van der Waals surface area contributed by atoms with Crippen molar-refractivity contribution >= 4 is 17.7 Å². The summed E-state index contributed by atoms with van der Waals surface area (Å²) < 4.78 is 2.01. The molecule has 2 aromatic rings. The van der Waals surface area contributed by atoms with E-state index < -0.39 is 0 Å². The SMILES string of the molecule is Cc1cccc(-n2ccnc2S[C@H](C)C(=O)N(C)C)c1. The van der Waals surface area contributed by atoms with E-state index in [9.17, 15) is 4.79 Å². The van der Waals surface area contributed by atoms with Gasteiger partial charge in [-0.25, -0.2) is 4.98 Å². The lowest BCUT2D eigenvalue weighted by Gasteiger charge is -2.16. The summed E-state index contributed by atoms with van der Waals surface area (Å²) in [6.07, 6.45) is 3.68. The Bertz CT molecular complexity index is 607. The highest BCUT2D eigenvalue weighted by Gasteiger charge is 2.19. The summed E-state index contributed by atoms with van der Waals surface area (Å²) in [6.45, 7) is 3.97. The standard InChI is InChI=1S/C15H19N3OS/c1-11-6-5-7-13(10-11)18-9-8-16-15(18)20-12(2)14(19)17(3)4/h5-10,12H,1-4H3/t12-/m1/s1. The topological polar surface area (TPSA) is 38.1 Å². The molecule has 0 radical (unpaired) electrons. The fraction of sp³-hybridized carbons (Fsp3) is 0.333. The van der Waals surface area contributed by atoms with Crippen LogP contribution in [0.2, 0.25) is 0 Å². The van der Waals surface area contributed by atoms with E-state index in [2.05, 4.69) is 24.0 Å². The average Bonchev–Trinajstić information content (AvgIpc) is 2.85. The largest absolute Gasteiger partial charge is 0.348 e. The van der Waals surface area contributed by atoms with Crippen molar-refractivity contribution in [3.63, 3.8) is 0 Å². The molecule has 106 valence electrons. The first-order chi connectivity index (χ1) is 9.49. The van der Waals surface area contributed by atoms with Gasteiger partial charge in [0.15, 0.2) is 5.16 Å². The zero-order valence-corrected chi connectivity index (χ0v) is 13.0. The molecular weight excluding hydrogens is 270 g/mol. The number of hydrogen-bond acceptors (Lipinski definition) is 3. The van der Waals surface area contributed by atoms with Gasteiger partial charge in [-0.15, -0.1) is 0 Å². The molecule has 0 N–H and O–H groups in total. The molecule has 0 bridgehead atoms. The van der Waals surface area contributed by atoms with E-state index >= 15 is 0 Å². The zero-order chi connectivity index (χ0) is 14.7. The molecule has 1 heterocycles. The molecule has 0 aliphatic carbocycles. The van der Waals surface area contributed by atoms with Crippen molar-refractivity contribution < 1.29 is 4.79 Å². The number of benzene rings is 1. The van der Waals surface area contributed by atoms with Gasteiger partial charge in [0.2, 0.25) is 5.91 Å². The van der Waals surface area contributed by atoms with Crippen molar-refractivity contribution in [2.75, 3.05) is 14.1 Å². The van der Waals surface area contributed by atoms with Crippen molar-refractivity contribution in [1.29, 1.82) is 0 Å². The highest BCUT2D eigenvalue weighted by Crippen LogP contribution is 2.25. The lowest BCUT2D eigenvalue weighted by Crippen LogP contribution is -2.29. The van der Waals surface area contributed by atoms with E-state index in [4.69, 9.17) is 0 Å². The molecule has 0 aliphatic heterocycles. The van der Waals surface area contributed by atoms with Gasteiger partial charge in [-0.2, -0.15) is 0 Å². The Labute approximate surface area is 123 Å². The predicted molar refractivity (Wildman–Crippen MR) is 82.3 cm³/mol. The molecule has 0 aliphatic rings. The van der Waals surface area contributed by atoms with Gasteiger partial charge in [-0.3, -0.25) is 9.36 Å². The van der Waals surface area contributed by atoms with Gasteiger partial charge in [-0.05, 0) is 31.5 Å². The average molecular weight is 289 g/mol. The highest BCUT2D eigenvalue weighted by molar-refractivity contribution is 8.00. The predicted octanol–water partition coefficient (Wildman–Crippen LogP) is 2.75. The lowest BCUT2D eigenvalue weighted by molar-refractivity contribution is -0.127. The van der Waals surface area contributed by atoms with Crippen LogP contribution in [0.25, 0.3) is 5.69 Å². The molecule has 2 rings (SSSR count). The molecule has 0 saturated heterocycles. The number of nitrogens with zero attached hydrogens (tertiary/aromatic N) is 3. The van der Waals surface area contributed by atoms with Gasteiger partial charge in [0.1, 0.15) is 0 Å². The molecule has 20 heavy (non-hydrogen) atoms. The minimum absolute atomic E-state index is 0.0915. The van der Waals surface area contributed by atoms with Crippen molar-refractivity contribution in [3.8, 4) is 5.69 Å². The number of rotatable bonds is 4. The summed E-state index contributed by atoms with van der Waals surface area (Å²) in [5.74, 6) is 0.0915. The third-order valence-corrected chi connectivity index (χ3v) is 4.03. The Morgan fingerprint density at radius 1 is 1.40 bits per heavy atom. The van der Waals surface area contributed by atoms with E-state index in [0.717, 1.165) is 10.8 Å². The van der Waals surface area contributed by atoms with Crippen LogP contribution in [0.15, 0.2) is 41.8 Å². The fourth-order valence-electron chi connectivity index (χ4n) is 1.92. The van der Waals surface area contributed by atoms with E-state index in [1.54, 1.807) is 25.2 Å². The van der Waals surface area contributed by atoms with E-state index in [-0.39, 0.29) is 11.2 Å². The molecule has 1 aromatic heterocycles. The van der Waals surface area contributed by atoms with Gasteiger partial charge in [0, 0.05) is 32.2 Å². The van der Waals surface area contributed by atoms with Gasteiger partial charge in [0.05, 0.1) is 5.25 Å². The van der Waals surface area contributed by atoms with Crippen molar-refractivity contribution in [2.45, 2.75) is 24.3 Å². The zero-order valence-electron chi connectivity index (χ0n) is 12.2. The van der Waals surface area contributed by atoms with Gasteiger partial charge in [0.25, 0.3) is 0 Å². The second-order valence-corrected chi connectivity index (χ2v) is 6.22. The van der Waals surface area contributed by atoms with Gasteiger partial charge in [-0.1, -0.05) is 23.9 Å². The molecule has 0 spiro atoms. The molecule has 5 heteroatoms. The number of aryl methyl sites for hydroxylation is 1. The maximum Gasteiger partial charge on any atom is 0.235 e. The van der Waals surface area contributed by atoms with Crippen LogP contribution in [0.5, 0.6) is 0 Å². The smallest absolute Gasteiger partial charge is 0.235 e. The quantitative estimate of drug-likeness (QED) is 0.812. The first-order valence-electron chi connectivity index (χ1n) is 6.47. The number of imidazole rings is 1. The monoisotopic (exact) mass is 289 g/mol. The maximum absolute atomic E-state index is 11.9. The van der Waals surface area contributed by atoms with Crippen LogP contribution < -0.4 is 0 Å². The summed E-state index contributed by atoms with van der Waals surface area (Å²) in [7, 11) is 3.54. The van der Waals surface area contributed by atoms with Crippen LogP contribution in [0.3, 0.4) is 0 Å². The Kier molecular flexibility index (Phi) is 4.49. The summed E-state index contributed by atoms with van der Waals surface area (Å²) in [5.41, 5.74) is 2.26. The number of carbonyl (C=O) groups excluding carboxylic acids is 1. The molecule has 0 fully saturated rings.